The van der Waals surface area contributed by atoms with Gasteiger partial charge in [0, 0.05) is 34.3 Å². The number of hydrogen-bond acceptors (Lipinski definition) is 5. The number of hydrogen-bond donors (Lipinski definition) is 0. The Kier molecular flexibility index (Phi) is 7.08. The van der Waals surface area contributed by atoms with Crippen molar-refractivity contribution in [3.63, 3.8) is 0 Å². The van der Waals surface area contributed by atoms with E-state index in [9.17, 15) is 0 Å². The Labute approximate surface area is 272 Å². The molecule has 0 fully saturated rings. The van der Waals surface area contributed by atoms with Crippen molar-refractivity contribution in [3.05, 3.63) is 139 Å². The molecule has 228 valence electrons. The third kappa shape index (κ3) is 4.78. The van der Waals surface area contributed by atoms with Crippen molar-refractivity contribution in [2.45, 2.75) is 52.4 Å². The molecule has 0 bridgehead atoms. The molecule has 2 aromatic heterocycles. The Balaban J connectivity index is 1.32. The number of aromatic nitrogens is 4. The van der Waals surface area contributed by atoms with E-state index in [2.05, 4.69) is 101 Å². The van der Waals surface area contributed by atoms with E-state index in [0.29, 0.717) is 17.6 Å². The molecule has 0 saturated carbocycles. The predicted molar refractivity (Wildman–Crippen MR) is 188 cm³/mol. The standard InChI is InChI=1S/C41H39N5/c1-39(2)33-24-22-29(26-34(33)40(3,4)41(39,5)6)35-25-23-30(27-42-35)37-43-36(28-16-10-7-11-17-28)44-38(45-37)46(31-18-12-8-13-19-31)32-20-14-9-15-21-32/h7-27H,1-6H3. The van der Waals surface area contributed by atoms with Gasteiger partial charge in [-0.3, -0.25) is 9.88 Å². The number of benzene rings is 4. The van der Waals surface area contributed by atoms with Crippen molar-refractivity contribution in [1.29, 1.82) is 0 Å². The van der Waals surface area contributed by atoms with E-state index in [4.69, 9.17) is 19.9 Å². The maximum Gasteiger partial charge on any atom is 0.238 e. The lowest BCUT2D eigenvalue weighted by Crippen LogP contribution is -2.42. The fourth-order valence-electron chi connectivity index (χ4n) is 6.76. The van der Waals surface area contributed by atoms with E-state index in [1.54, 1.807) is 0 Å². The Morgan fingerprint density at radius 3 is 1.57 bits per heavy atom. The summed E-state index contributed by atoms with van der Waals surface area (Å²) in [6.07, 6.45) is 1.88. The monoisotopic (exact) mass is 601 g/mol. The number of para-hydroxylation sites is 2. The molecule has 6 aromatic rings. The van der Waals surface area contributed by atoms with Crippen molar-refractivity contribution >= 4 is 17.3 Å². The molecule has 5 nitrogen and oxygen atoms in total. The zero-order valence-corrected chi connectivity index (χ0v) is 27.4. The van der Waals surface area contributed by atoms with Gasteiger partial charge in [0.2, 0.25) is 5.95 Å². The van der Waals surface area contributed by atoms with Gasteiger partial charge in [-0.2, -0.15) is 9.97 Å². The zero-order valence-electron chi connectivity index (χ0n) is 27.4. The maximum absolute atomic E-state index is 5.05. The van der Waals surface area contributed by atoms with E-state index in [0.717, 1.165) is 33.8 Å². The van der Waals surface area contributed by atoms with Gasteiger partial charge in [-0.05, 0) is 69.8 Å². The van der Waals surface area contributed by atoms with Crippen LogP contribution in [0, 0.1) is 5.41 Å². The molecule has 0 spiro atoms. The second-order valence-electron chi connectivity index (χ2n) is 13.7. The van der Waals surface area contributed by atoms with Crippen LogP contribution in [0.2, 0.25) is 0 Å². The molecule has 0 N–H and O–H groups in total. The van der Waals surface area contributed by atoms with Gasteiger partial charge in [0.25, 0.3) is 0 Å². The average molecular weight is 602 g/mol. The van der Waals surface area contributed by atoms with E-state index in [-0.39, 0.29) is 16.2 Å². The number of fused-ring (bicyclic) bond motifs is 1. The maximum atomic E-state index is 5.05. The van der Waals surface area contributed by atoms with Crippen LogP contribution in [0.25, 0.3) is 34.0 Å². The second-order valence-corrected chi connectivity index (χ2v) is 13.7. The topological polar surface area (TPSA) is 54.8 Å². The van der Waals surface area contributed by atoms with Gasteiger partial charge in [0.05, 0.1) is 5.69 Å². The Morgan fingerprint density at radius 2 is 1.00 bits per heavy atom. The third-order valence-corrected chi connectivity index (χ3v) is 10.7. The smallest absolute Gasteiger partial charge is 0.238 e. The first-order valence-electron chi connectivity index (χ1n) is 15.9. The van der Waals surface area contributed by atoms with Crippen LogP contribution in [0.15, 0.2) is 128 Å². The summed E-state index contributed by atoms with van der Waals surface area (Å²) >= 11 is 0. The summed E-state index contributed by atoms with van der Waals surface area (Å²) in [6.45, 7) is 14.3. The van der Waals surface area contributed by atoms with Gasteiger partial charge in [0.15, 0.2) is 11.6 Å². The highest BCUT2D eigenvalue weighted by molar-refractivity contribution is 5.75. The third-order valence-electron chi connectivity index (χ3n) is 10.7. The van der Waals surface area contributed by atoms with Crippen molar-refractivity contribution in [1.82, 2.24) is 19.9 Å². The Morgan fingerprint density at radius 1 is 0.478 bits per heavy atom. The van der Waals surface area contributed by atoms with Crippen LogP contribution >= 0.6 is 0 Å². The predicted octanol–water partition coefficient (Wildman–Crippen LogP) is 10.3. The molecule has 46 heavy (non-hydrogen) atoms. The van der Waals surface area contributed by atoms with Crippen LogP contribution in [0.1, 0.15) is 52.7 Å². The molecule has 1 aliphatic rings. The first-order valence-corrected chi connectivity index (χ1v) is 15.9. The summed E-state index contributed by atoms with van der Waals surface area (Å²) in [5.74, 6) is 1.71. The van der Waals surface area contributed by atoms with Gasteiger partial charge in [-0.25, -0.2) is 4.98 Å². The van der Waals surface area contributed by atoms with E-state index in [1.807, 2.05) is 72.9 Å². The largest absolute Gasteiger partial charge is 0.279 e. The molecule has 0 radical (unpaired) electrons. The van der Waals surface area contributed by atoms with Crippen LogP contribution in [-0.2, 0) is 10.8 Å². The van der Waals surface area contributed by atoms with Gasteiger partial charge in [-0.15, -0.1) is 0 Å². The molecule has 0 atom stereocenters. The summed E-state index contributed by atoms with van der Waals surface area (Å²) in [5, 5.41) is 0. The summed E-state index contributed by atoms with van der Waals surface area (Å²) in [6, 6.07) is 41.4. The van der Waals surface area contributed by atoms with Crippen molar-refractivity contribution in [2.24, 2.45) is 5.41 Å². The molecule has 5 heteroatoms. The Hall–Kier alpha value is -5.16. The highest BCUT2D eigenvalue weighted by atomic mass is 15.3. The van der Waals surface area contributed by atoms with Gasteiger partial charge in [-0.1, -0.05) is 120 Å². The van der Waals surface area contributed by atoms with Crippen LogP contribution in [0.5, 0.6) is 0 Å². The lowest BCUT2D eigenvalue weighted by atomic mass is 9.59. The molecule has 0 saturated heterocycles. The molecule has 1 aliphatic carbocycles. The zero-order chi connectivity index (χ0) is 32.1. The number of rotatable bonds is 6. The highest BCUT2D eigenvalue weighted by Gasteiger charge is 2.56. The molecule has 0 aliphatic heterocycles. The SMILES string of the molecule is CC1(C)c2ccc(-c3ccc(-c4nc(-c5ccccc5)nc(N(c5ccccc5)c5ccccc5)n4)cn3)cc2C(C)(C)C1(C)C. The molecule has 0 unspecified atom stereocenters. The summed E-state index contributed by atoms with van der Waals surface area (Å²) in [7, 11) is 0. The normalized spacial score (nSPS) is 15.7. The number of anilines is 3. The molecule has 2 heterocycles. The lowest BCUT2D eigenvalue weighted by molar-refractivity contribution is 0.125. The van der Waals surface area contributed by atoms with Crippen LogP contribution in [0.3, 0.4) is 0 Å². The van der Waals surface area contributed by atoms with Crippen LogP contribution in [-0.4, -0.2) is 19.9 Å². The summed E-state index contributed by atoms with van der Waals surface area (Å²) in [5.41, 5.74) is 8.76. The average Bonchev–Trinajstić information content (AvgIpc) is 3.19. The minimum absolute atomic E-state index is 0.0281. The quantitative estimate of drug-likeness (QED) is 0.190. The minimum Gasteiger partial charge on any atom is -0.279 e. The molecular formula is C41H39N5. The Bertz CT molecular complexity index is 1960. The van der Waals surface area contributed by atoms with Crippen molar-refractivity contribution in [3.8, 4) is 34.0 Å². The van der Waals surface area contributed by atoms with E-state index < -0.39 is 0 Å². The summed E-state index contributed by atoms with van der Waals surface area (Å²) in [4.78, 5) is 22.0. The minimum atomic E-state index is 0.0281. The second kappa shape index (κ2) is 11.0. The summed E-state index contributed by atoms with van der Waals surface area (Å²) < 4.78 is 0. The number of pyridine rings is 1. The van der Waals surface area contributed by atoms with Gasteiger partial charge >= 0.3 is 0 Å². The highest BCUT2D eigenvalue weighted by Crippen LogP contribution is 2.61. The molecule has 4 aromatic carbocycles. The van der Waals surface area contributed by atoms with Crippen LogP contribution in [0.4, 0.5) is 17.3 Å². The fourth-order valence-corrected chi connectivity index (χ4v) is 6.76. The van der Waals surface area contributed by atoms with Crippen molar-refractivity contribution in [2.75, 3.05) is 4.90 Å². The molecule has 7 rings (SSSR count). The van der Waals surface area contributed by atoms with Crippen LogP contribution < -0.4 is 4.90 Å². The van der Waals surface area contributed by atoms with E-state index >= 15 is 0 Å². The number of nitrogens with zero attached hydrogens (tertiary/aromatic N) is 5. The first kappa shape index (κ1) is 29.5. The van der Waals surface area contributed by atoms with Gasteiger partial charge in [0.1, 0.15) is 0 Å². The molecular weight excluding hydrogens is 562 g/mol. The first-order chi connectivity index (χ1) is 22.1. The van der Waals surface area contributed by atoms with E-state index in [1.165, 1.54) is 11.1 Å². The van der Waals surface area contributed by atoms with Gasteiger partial charge < -0.3 is 0 Å². The fraction of sp³-hybridized carbons (Fsp3) is 0.220. The van der Waals surface area contributed by atoms with Crippen molar-refractivity contribution < 1.29 is 0 Å². The molecule has 0 amide bonds. The lowest BCUT2D eigenvalue weighted by Gasteiger charge is -2.44.